The van der Waals surface area contributed by atoms with Gasteiger partial charge in [-0.3, -0.25) is 4.90 Å². The lowest BCUT2D eigenvalue weighted by molar-refractivity contribution is 0.176. The van der Waals surface area contributed by atoms with Gasteiger partial charge in [-0.15, -0.1) is 0 Å². The van der Waals surface area contributed by atoms with Crippen LogP contribution >= 0.6 is 11.6 Å². The van der Waals surface area contributed by atoms with Crippen molar-refractivity contribution in [1.82, 2.24) is 13.5 Å². The zero-order valence-corrected chi connectivity index (χ0v) is 18.0. The van der Waals surface area contributed by atoms with E-state index in [2.05, 4.69) is 0 Å². The van der Waals surface area contributed by atoms with E-state index >= 15 is 0 Å². The molecule has 10 heteroatoms. The van der Waals surface area contributed by atoms with Gasteiger partial charge in [0.25, 0.3) is 10.2 Å². The average molecular weight is 442 g/mol. The first-order valence-electron chi connectivity index (χ1n) is 9.59. The van der Waals surface area contributed by atoms with E-state index in [1.807, 2.05) is 4.90 Å². The molecule has 158 valence electrons. The van der Waals surface area contributed by atoms with E-state index in [-0.39, 0.29) is 16.4 Å². The summed E-state index contributed by atoms with van der Waals surface area (Å²) in [7, 11) is -0.424. The highest BCUT2D eigenvalue weighted by molar-refractivity contribution is 7.86. The van der Waals surface area contributed by atoms with E-state index in [0.717, 1.165) is 23.8 Å². The van der Waals surface area contributed by atoms with Crippen LogP contribution in [0.1, 0.15) is 23.1 Å². The Balaban J connectivity index is 1.65. The third-order valence-electron chi connectivity index (χ3n) is 5.79. The number of rotatable bonds is 4. The highest BCUT2D eigenvalue weighted by Crippen LogP contribution is 2.38. The molecule has 1 aliphatic heterocycles. The van der Waals surface area contributed by atoms with Crippen molar-refractivity contribution in [3.8, 4) is 5.75 Å². The second-order valence-electron chi connectivity index (χ2n) is 7.73. The van der Waals surface area contributed by atoms with E-state index in [4.69, 9.17) is 16.0 Å². The Kier molecular flexibility index (Phi) is 5.37. The minimum absolute atomic E-state index is 0.0939. The highest BCUT2D eigenvalue weighted by atomic mass is 35.5. The molecule has 1 aromatic heterocycles. The number of phenolic OH excluding ortho intramolecular Hbond substituents is 1. The predicted octanol–water partition coefficient (Wildman–Crippen LogP) is 1.56. The lowest BCUT2D eigenvalue weighted by Crippen LogP contribution is -2.51. The molecular formula is C19H24ClN3O5S. The van der Waals surface area contributed by atoms with Crippen LogP contribution in [0.25, 0.3) is 11.0 Å². The van der Waals surface area contributed by atoms with Crippen molar-refractivity contribution in [3.05, 3.63) is 38.2 Å². The third-order valence-corrected chi connectivity index (χ3v) is 8.02. The Labute approximate surface area is 174 Å². The van der Waals surface area contributed by atoms with Crippen LogP contribution in [-0.4, -0.2) is 67.3 Å². The Morgan fingerprint density at radius 2 is 1.83 bits per heavy atom. The molecule has 0 radical (unpaired) electrons. The van der Waals surface area contributed by atoms with Crippen molar-refractivity contribution in [2.75, 3.05) is 40.3 Å². The summed E-state index contributed by atoms with van der Waals surface area (Å²) < 4.78 is 32.8. The van der Waals surface area contributed by atoms with Crippen molar-refractivity contribution in [3.63, 3.8) is 0 Å². The second kappa shape index (κ2) is 7.55. The maximum atomic E-state index is 12.4. The number of benzene rings is 1. The molecule has 4 rings (SSSR count). The summed E-state index contributed by atoms with van der Waals surface area (Å²) in [5.74, 6) is -0.0939. The standard InChI is InChI=1S/C19H24ClN3O5S/c1-21(2)29(26,27)23-8-6-22(7-9-23)11-15-17(24)16(20)10-14-12-4-3-5-13(12)19(25)28-18(14)15/h10,24H,3-9,11H2,1-2H3. The molecule has 1 saturated heterocycles. The zero-order chi connectivity index (χ0) is 20.9. The SMILES string of the molecule is CN(C)S(=O)(=O)N1CCN(Cc2c(O)c(Cl)cc3c4c(c(=O)oc23)CCC4)CC1. The first-order chi connectivity index (χ1) is 13.7. The van der Waals surface area contributed by atoms with Crippen LogP contribution in [0.15, 0.2) is 15.3 Å². The van der Waals surface area contributed by atoms with E-state index in [0.29, 0.717) is 55.9 Å². The zero-order valence-electron chi connectivity index (χ0n) is 16.4. The number of aryl methyl sites for hydroxylation is 1. The second-order valence-corrected chi connectivity index (χ2v) is 10.3. The summed E-state index contributed by atoms with van der Waals surface area (Å²) in [4.78, 5) is 14.4. The number of hydrogen-bond acceptors (Lipinski definition) is 6. The van der Waals surface area contributed by atoms with Gasteiger partial charge in [0, 0.05) is 57.8 Å². The summed E-state index contributed by atoms with van der Waals surface area (Å²) in [6.07, 6.45) is 2.39. The maximum Gasteiger partial charge on any atom is 0.339 e. The van der Waals surface area contributed by atoms with Gasteiger partial charge in [-0.05, 0) is 30.9 Å². The van der Waals surface area contributed by atoms with Crippen LogP contribution in [0.4, 0.5) is 0 Å². The summed E-state index contributed by atoms with van der Waals surface area (Å²) >= 11 is 6.29. The van der Waals surface area contributed by atoms with E-state index in [9.17, 15) is 18.3 Å². The first kappa shape index (κ1) is 20.6. The van der Waals surface area contributed by atoms with E-state index < -0.39 is 10.2 Å². The minimum atomic E-state index is -3.45. The van der Waals surface area contributed by atoms with Crippen LogP contribution in [-0.2, 0) is 29.6 Å². The molecule has 2 aromatic rings. The summed E-state index contributed by atoms with van der Waals surface area (Å²) in [6.45, 7) is 2.00. The van der Waals surface area contributed by atoms with Crippen LogP contribution in [0, 0.1) is 0 Å². The maximum absolute atomic E-state index is 12.4. The molecule has 0 saturated carbocycles. The lowest BCUT2D eigenvalue weighted by atomic mass is 10.0. The van der Waals surface area contributed by atoms with Crippen molar-refractivity contribution in [1.29, 1.82) is 0 Å². The topological polar surface area (TPSA) is 94.3 Å². The van der Waals surface area contributed by atoms with Gasteiger partial charge in [0.1, 0.15) is 11.3 Å². The fourth-order valence-corrected chi connectivity index (χ4v) is 5.47. The molecule has 1 N–H and O–H groups in total. The largest absolute Gasteiger partial charge is 0.506 e. The number of hydrogen-bond donors (Lipinski definition) is 1. The fourth-order valence-electron chi connectivity index (χ4n) is 4.16. The molecule has 0 unspecified atom stereocenters. The van der Waals surface area contributed by atoms with Crippen LogP contribution in [0.5, 0.6) is 5.75 Å². The van der Waals surface area contributed by atoms with Crippen LogP contribution < -0.4 is 5.63 Å². The molecule has 2 aliphatic rings. The van der Waals surface area contributed by atoms with E-state index in [1.165, 1.54) is 22.7 Å². The molecule has 8 nitrogen and oxygen atoms in total. The number of halogens is 1. The van der Waals surface area contributed by atoms with Crippen LogP contribution in [0.2, 0.25) is 5.02 Å². The number of fused-ring (bicyclic) bond motifs is 3. The molecule has 0 atom stereocenters. The molecular weight excluding hydrogens is 418 g/mol. The van der Waals surface area contributed by atoms with Gasteiger partial charge < -0.3 is 9.52 Å². The Morgan fingerprint density at radius 1 is 1.17 bits per heavy atom. The first-order valence-corrected chi connectivity index (χ1v) is 11.4. The molecule has 2 heterocycles. The number of phenols is 1. The summed E-state index contributed by atoms with van der Waals surface area (Å²) in [5, 5.41) is 11.6. The van der Waals surface area contributed by atoms with Crippen molar-refractivity contribution >= 4 is 32.8 Å². The van der Waals surface area contributed by atoms with Gasteiger partial charge in [-0.1, -0.05) is 11.6 Å². The fraction of sp³-hybridized carbons (Fsp3) is 0.526. The average Bonchev–Trinajstić information content (AvgIpc) is 3.17. The van der Waals surface area contributed by atoms with Crippen molar-refractivity contribution < 1.29 is 17.9 Å². The number of nitrogens with zero attached hydrogens (tertiary/aromatic N) is 3. The normalized spacial score (nSPS) is 18.6. The monoisotopic (exact) mass is 441 g/mol. The van der Waals surface area contributed by atoms with Gasteiger partial charge >= 0.3 is 5.63 Å². The molecule has 29 heavy (non-hydrogen) atoms. The molecule has 0 bridgehead atoms. The van der Waals surface area contributed by atoms with Crippen molar-refractivity contribution in [2.45, 2.75) is 25.8 Å². The van der Waals surface area contributed by atoms with Gasteiger partial charge in [0.05, 0.1) is 10.6 Å². The van der Waals surface area contributed by atoms with Gasteiger partial charge in [-0.2, -0.15) is 17.0 Å². The number of aromatic hydroxyl groups is 1. The third kappa shape index (κ3) is 3.55. The molecule has 0 spiro atoms. The number of piperazine rings is 1. The quantitative estimate of drug-likeness (QED) is 0.724. The minimum Gasteiger partial charge on any atom is -0.506 e. The predicted molar refractivity (Wildman–Crippen MR) is 111 cm³/mol. The molecule has 1 aliphatic carbocycles. The van der Waals surface area contributed by atoms with E-state index in [1.54, 1.807) is 6.07 Å². The summed E-state index contributed by atoms with van der Waals surface area (Å²) in [5.41, 5.74) is 2.16. The van der Waals surface area contributed by atoms with Crippen molar-refractivity contribution in [2.24, 2.45) is 0 Å². The smallest absolute Gasteiger partial charge is 0.339 e. The Bertz CT molecular complexity index is 1120. The van der Waals surface area contributed by atoms with Crippen LogP contribution in [0.3, 0.4) is 0 Å². The summed E-state index contributed by atoms with van der Waals surface area (Å²) in [6, 6.07) is 1.67. The molecule has 1 aromatic carbocycles. The van der Waals surface area contributed by atoms with Gasteiger partial charge in [-0.25, -0.2) is 4.79 Å². The Morgan fingerprint density at radius 3 is 2.48 bits per heavy atom. The van der Waals surface area contributed by atoms with Gasteiger partial charge in [0.2, 0.25) is 0 Å². The lowest BCUT2D eigenvalue weighted by Gasteiger charge is -2.35. The molecule has 1 fully saturated rings. The highest BCUT2D eigenvalue weighted by Gasteiger charge is 2.30. The van der Waals surface area contributed by atoms with Gasteiger partial charge in [0.15, 0.2) is 0 Å². The molecule has 0 amide bonds. The Hall–Kier alpha value is -1.65.